The Morgan fingerprint density at radius 1 is 1.61 bits per heavy atom. The normalized spacial score (nSPS) is 21.1. The molecular formula is C13H26N2O3. The van der Waals surface area contributed by atoms with E-state index in [1.165, 1.54) is 0 Å². The van der Waals surface area contributed by atoms with Gasteiger partial charge in [-0.25, -0.2) is 4.79 Å². The summed E-state index contributed by atoms with van der Waals surface area (Å²) in [5.41, 5.74) is 0. The topological polar surface area (TPSA) is 61.8 Å². The molecule has 0 aromatic rings. The van der Waals surface area contributed by atoms with Crippen LogP contribution in [0.15, 0.2) is 0 Å². The first-order chi connectivity index (χ1) is 8.71. The Bertz CT molecular complexity index is 248. The number of aliphatic hydroxyl groups excluding tert-OH is 1. The summed E-state index contributed by atoms with van der Waals surface area (Å²) in [4.78, 5) is 13.8. The predicted octanol–water partition coefficient (Wildman–Crippen LogP) is 1.22. The van der Waals surface area contributed by atoms with E-state index < -0.39 is 0 Å². The zero-order chi connectivity index (χ0) is 13.4. The van der Waals surface area contributed by atoms with E-state index in [9.17, 15) is 4.79 Å². The zero-order valence-corrected chi connectivity index (χ0v) is 11.5. The van der Waals surface area contributed by atoms with E-state index in [0.29, 0.717) is 13.2 Å². The Kier molecular flexibility index (Phi) is 7.05. The molecular weight excluding hydrogens is 232 g/mol. The number of urea groups is 1. The first kappa shape index (κ1) is 15.2. The SMILES string of the molecule is CCCCC(COC)NC(=O)N1CCC(CO)C1. The lowest BCUT2D eigenvalue weighted by Gasteiger charge is -2.23. The lowest BCUT2D eigenvalue weighted by atomic mass is 10.1. The maximum Gasteiger partial charge on any atom is 0.317 e. The number of likely N-dealkylation sites (tertiary alicyclic amines) is 1. The summed E-state index contributed by atoms with van der Waals surface area (Å²) in [6.07, 6.45) is 4.06. The molecule has 0 aromatic carbocycles. The Balaban J connectivity index is 2.35. The number of hydrogen-bond acceptors (Lipinski definition) is 3. The lowest BCUT2D eigenvalue weighted by Crippen LogP contribution is -2.45. The summed E-state index contributed by atoms with van der Waals surface area (Å²) in [5.74, 6) is 0.243. The van der Waals surface area contributed by atoms with Gasteiger partial charge in [0, 0.05) is 32.7 Å². The number of amides is 2. The van der Waals surface area contributed by atoms with E-state index in [1.807, 2.05) is 0 Å². The highest BCUT2D eigenvalue weighted by atomic mass is 16.5. The van der Waals surface area contributed by atoms with Crippen molar-refractivity contribution in [3.63, 3.8) is 0 Å². The molecule has 2 amide bonds. The standard InChI is InChI=1S/C13H26N2O3/c1-3-4-5-12(10-18-2)14-13(17)15-7-6-11(8-15)9-16/h11-12,16H,3-10H2,1-2H3,(H,14,17). The molecule has 0 saturated carbocycles. The number of aliphatic hydroxyl groups is 1. The van der Waals surface area contributed by atoms with Gasteiger partial charge in [-0.05, 0) is 12.8 Å². The van der Waals surface area contributed by atoms with Crippen molar-refractivity contribution in [2.24, 2.45) is 5.92 Å². The summed E-state index contributed by atoms with van der Waals surface area (Å²) in [7, 11) is 1.66. The highest BCUT2D eigenvalue weighted by Crippen LogP contribution is 2.15. The van der Waals surface area contributed by atoms with E-state index in [2.05, 4.69) is 12.2 Å². The smallest absolute Gasteiger partial charge is 0.317 e. The molecule has 1 fully saturated rings. The lowest BCUT2D eigenvalue weighted by molar-refractivity contribution is 0.152. The Morgan fingerprint density at radius 2 is 2.39 bits per heavy atom. The molecule has 1 rings (SSSR count). The summed E-state index contributed by atoms with van der Waals surface area (Å²) in [6, 6.07) is 0.0692. The number of carbonyl (C=O) groups excluding carboxylic acids is 1. The summed E-state index contributed by atoms with van der Waals surface area (Å²) in [5, 5.41) is 12.1. The van der Waals surface area contributed by atoms with Crippen molar-refractivity contribution in [3.8, 4) is 0 Å². The van der Waals surface area contributed by atoms with Crippen LogP contribution in [0.4, 0.5) is 4.79 Å². The molecule has 1 heterocycles. The number of nitrogens with zero attached hydrogens (tertiary/aromatic N) is 1. The van der Waals surface area contributed by atoms with Crippen molar-refractivity contribution >= 4 is 6.03 Å². The van der Waals surface area contributed by atoms with Crippen LogP contribution < -0.4 is 5.32 Å². The van der Waals surface area contributed by atoms with E-state index >= 15 is 0 Å². The largest absolute Gasteiger partial charge is 0.396 e. The van der Waals surface area contributed by atoms with Crippen LogP contribution in [0, 0.1) is 5.92 Å². The number of unbranched alkanes of at least 4 members (excludes halogenated alkanes) is 1. The van der Waals surface area contributed by atoms with Crippen molar-refractivity contribution in [1.29, 1.82) is 0 Å². The third-order valence-corrected chi connectivity index (χ3v) is 3.43. The van der Waals surface area contributed by atoms with Crippen molar-refractivity contribution in [2.45, 2.75) is 38.6 Å². The predicted molar refractivity (Wildman–Crippen MR) is 70.5 cm³/mol. The Hall–Kier alpha value is -0.810. The van der Waals surface area contributed by atoms with Gasteiger partial charge in [0.05, 0.1) is 12.6 Å². The third kappa shape index (κ3) is 4.82. The van der Waals surface area contributed by atoms with Gasteiger partial charge in [-0.15, -0.1) is 0 Å². The number of rotatable bonds is 7. The molecule has 0 aromatic heterocycles. The van der Waals surface area contributed by atoms with Crippen LogP contribution in [0.2, 0.25) is 0 Å². The van der Waals surface area contributed by atoms with E-state index in [4.69, 9.17) is 9.84 Å². The van der Waals surface area contributed by atoms with Gasteiger partial charge in [0.2, 0.25) is 0 Å². The van der Waals surface area contributed by atoms with Gasteiger partial charge < -0.3 is 20.1 Å². The van der Waals surface area contributed by atoms with Crippen molar-refractivity contribution in [3.05, 3.63) is 0 Å². The number of ether oxygens (including phenoxy) is 1. The fourth-order valence-electron chi connectivity index (χ4n) is 2.28. The summed E-state index contributed by atoms with van der Waals surface area (Å²) >= 11 is 0. The molecule has 5 nitrogen and oxygen atoms in total. The maximum atomic E-state index is 12.0. The van der Waals surface area contributed by atoms with Gasteiger partial charge >= 0.3 is 6.03 Å². The maximum absolute atomic E-state index is 12.0. The van der Waals surface area contributed by atoms with Crippen LogP contribution in [-0.2, 0) is 4.74 Å². The van der Waals surface area contributed by atoms with E-state index in [-0.39, 0.29) is 24.6 Å². The van der Waals surface area contributed by atoms with Crippen LogP contribution in [0.5, 0.6) is 0 Å². The van der Waals surface area contributed by atoms with Gasteiger partial charge in [0.15, 0.2) is 0 Å². The van der Waals surface area contributed by atoms with Crippen LogP contribution >= 0.6 is 0 Å². The molecule has 2 unspecified atom stereocenters. The number of nitrogens with one attached hydrogen (secondary N) is 1. The second-order valence-corrected chi connectivity index (χ2v) is 5.03. The number of hydrogen-bond donors (Lipinski definition) is 2. The van der Waals surface area contributed by atoms with Crippen LogP contribution in [0.25, 0.3) is 0 Å². The monoisotopic (exact) mass is 258 g/mol. The van der Waals surface area contributed by atoms with Crippen LogP contribution in [0.3, 0.4) is 0 Å². The highest BCUT2D eigenvalue weighted by Gasteiger charge is 2.26. The average molecular weight is 258 g/mol. The summed E-state index contributed by atoms with van der Waals surface area (Å²) < 4.78 is 5.13. The van der Waals surface area contributed by atoms with Crippen molar-refractivity contribution < 1.29 is 14.6 Å². The molecule has 1 aliphatic heterocycles. The third-order valence-electron chi connectivity index (χ3n) is 3.43. The molecule has 0 aliphatic carbocycles. The van der Waals surface area contributed by atoms with E-state index in [0.717, 1.165) is 32.2 Å². The molecule has 18 heavy (non-hydrogen) atoms. The quantitative estimate of drug-likeness (QED) is 0.721. The Labute approximate surface area is 109 Å². The molecule has 0 bridgehead atoms. The second kappa shape index (κ2) is 8.32. The fraction of sp³-hybridized carbons (Fsp3) is 0.923. The zero-order valence-electron chi connectivity index (χ0n) is 11.5. The first-order valence-corrected chi connectivity index (χ1v) is 6.86. The molecule has 2 atom stereocenters. The molecule has 0 radical (unpaired) electrons. The molecule has 106 valence electrons. The summed E-state index contributed by atoms with van der Waals surface area (Å²) in [6.45, 7) is 4.27. The fourth-order valence-corrected chi connectivity index (χ4v) is 2.28. The van der Waals surface area contributed by atoms with Crippen LogP contribution in [-0.4, -0.2) is 55.5 Å². The van der Waals surface area contributed by atoms with Gasteiger partial charge in [-0.3, -0.25) is 0 Å². The van der Waals surface area contributed by atoms with Gasteiger partial charge in [0.1, 0.15) is 0 Å². The highest BCUT2D eigenvalue weighted by molar-refractivity contribution is 5.74. The number of methoxy groups -OCH3 is 1. The molecule has 5 heteroatoms. The minimum atomic E-state index is -0.0240. The second-order valence-electron chi connectivity index (χ2n) is 5.03. The van der Waals surface area contributed by atoms with Crippen molar-refractivity contribution in [1.82, 2.24) is 10.2 Å². The minimum Gasteiger partial charge on any atom is -0.396 e. The first-order valence-electron chi connectivity index (χ1n) is 6.86. The average Bonchev–Trinajstić information content (AvgIpc) is 2.85. The van der Waals surface area contributed by atoms with Crippen molar-refractivity contribution in [2.75, 3.05) is 33.4 Å². The Morgan fingerprint density at radius 3 is 2.94 bits per heavy atom. The number of carbonyl (C=O) groups is 1. The van der Waals surface area contributed by atoms with E-state index in [1.54, 1.807) is 12.0 Å². The minimum absolute atomic E-state index is 0.0240. The van der Waals surface area contributed by atoms with Gasteiger partial charge in [0.25, 0.3) is 0 Å². The molecule has 1 saturated heterocycles. The molecule has 0 spiro atoms. The van der Waals surface area contributed by atoms with Crippen LogP contribution in [0.1, 0.15) is 32.6 Å². The molecule has 1 aliphatic rings. The van der Waals surface area contributed by atoms with Gasteiger partial charge in [-0.1, -0.05) is 19.8 Å². The molecule has 2 N–H and O–H groups in total. The van der Waals surface area contributed by atoms with Gasteiger partial charge in [-0.2, -0.15) is 0 Å².